The van der Waals surface area contributed by atoms with E-state index < -0.39 is 0 Å². The molecule has 0 saturated carbocycles. The minimum absolute atomic E-state index is 0.516. The monoisotopic (exact) mass is 377 g/mol. The molecule has 1 rings (SSSR count). The normalized spacial score (nSPS) is 12.5. The standard InChI is InChI=1S/C14H21Br2NO/c1-4-11(2)17(7-8-18-3)13-6-5-12(10-15)14(16)9-13/h5-6,9,11H,4,7-8,10H2,1-3H3. The topological polar surface area (TPSA) is 12.5 Å². The molecule has 0 aliphatic heterocycles. The molecule has 102 valence electrons. The van der Waals surface area contributed by atoms with Crippen molar-refractivity contribution in [3.63, 3.8) is 0 Å². The van der Waals surface area contributed by atoms with Gasteiger partial charge in [-0.1, -0.05) is 44.8 Å². The van der Waals surface area contributed by atoms with E-state index in [4.69, 9.17) is 4.74 Å². The summed E-state index contributed by atoms with van der Waals surface area (Å²) >= 11 is 7.12. The van der Waals surface area contributed by atoms with Gasteiger partial charge < -0.3 is 9.64 Å². The Morgan fingerprint density at radius 3 is 2.61 bits per heavy atom. The molecule has 2 nitrogen and oxygen atoms in total. The molecule has 1 aromatic carbocycles. The van der Waals surface area contributed by atoms with Crippen LogP contribution in [0, 0.1) is 0 Å². The quantitative estimate of drug-likeness (QED) is 0.643. The van der Waals surface area contributed by atoms with Crippen LogP contribution in [0.2, 0.25) is 0 Å². The van der Waals surface area contributed by atoms with Crippen LogP contribution in [-0.4, -0.2) is 26.3 Å². The summed E-state index contributed by atoms with van der Waals surface area (Å²) < 4.78 is 6.36. The average molecular weight is 379 g/mol. The van der Waals surface area contributed by atoms with Crippen LogP contribution in [0.1, 0.15) is 25.8 Å². The van der Waals surface area contributed by atoms with Crippen LogP contribution in [0.25, 0.3) is 0 Å². The molecule has 0 radical (unpaired) electrons. The van der Waals surface area contributed by atoms with Crippen LogP contribution in [0.5, 0.6) is 0 Å². The molecule has 0 N–H and O–H groups in total. The first-order valence-corrected chi connectivity index (χ1v) is 8.15. The lowest BCUT2D eigenvalue weighted by Gasteiger charge is -2.31. The number of ether oxygens (including phenoxy) is 1. The Morgan fingerprint density at radius 1 is 1.39 bits per heavy atom. The molecule has 0 amide bonds. The lowest BCUT2D eigenvalue weighted by atomic mass is 10.1. The van der Waals surface area contributed by atoms with Crippen molar-refractivity contribution >= 4 is 37.5 Å². The second kappa shape index (κ2) is 8.18. The zero-order valence-electron chi connectivity index (χ0n) is 11.2. The molecular weight excluding hydrogens is 358 g/mol. The van der Waals surface area contributed by atoms with Crippen LogP contribution in [0.15, 0.2) is 22.7 Å². The van der Waals surface area contributed by atoms with Crippen LogP contribution < -0.4 is 4.90 Å². The fraction of sp³-hybridized carbons (Fsp3) is 0.571. The van der Waals surface area contributed by atoms with E-state index in [1.807, 2.05) is 0 Å². The smallest absolute Gasteiger partial charge is 0.0637 e. The van der Waals surface area contributed by atoms with E-state index in [-0.39, 0.29) is 0 Å². The predicted molar refractivity (Wildman–Crippen MR) is 85.7 cm³/mol. The molecule has 0 saturated heterocycles. The first kappa shape index (κ1) is 16.0. The summed E-state index contributed by atoms with van der Waals surface area (Å²) in [6.45, 7) is 6.14. The molecule has 0 aromatic heterocycles. The molecule has 1 unspecified atom stereocenters. The zero-order valence-corrected chi connectivity index (χ0v) is 14.4. The van der Waals surface area contributed by atoms with E-state index in [0.717, 1.165) is 29.4 Å². The minimum atomic E-state index is 0.516. The maximum Gasteiger partial charge on any atom is 0.0637 e. The van der Waals surface area contributed by atoms with Gasteiger partial charge in [-0.2, -0.15) is 0 Å². The Bertz CT molecular complexity index is 371. The number of hydrogen-bond donors (Lipinski definition) is 0. The second-order valence-electron chi connectivity index (χ2n) is 4.35. The first-order chi connectivity index (χ1) is 8.63. The maximum atomic E-state index is 5.20. The SMILES string of the molecule is CCC(C)N(CCOC)c1ccc(CBr)c(Br)c1. The summed E-state index contributed by atoms with van der Waals surface area (Å²) in [6, 6.07) is 7.06. The van der Waals surface area contributed by atoms with E-state index in [1.165, 1.54) is 11.3 Å². The van der Waals surface area contributed by atoms with Crippen LogP contribution >= 0.6 is 31.9 Å². The number of alkyl halides is 1. The summed E-state index contributed by atoms with van der Waals surface area (Å²) in [5.41, 5.74) is 2.52. The van der Waals surface area contributed by atoms with Gasteiger partial charge in [-0.05, 0) is 31.0 Å². The fourth-order valence-electron chi connectivity index (χ4n) is 1.84. The molecule has 0 spiro atoms. The van der Waals surface area contributed by atoms with Crippen molar-refractivity contribution in [2.24, 2.45) is 0 Å². The van der Waals surface area contributed by atoms with Gasteiger partial charge in [0, 0.05) is 35.2 Å². The molecule has 18 heavy (non-hydrogen) atoms. The summed E-state index contributed by atoms with van der Waals surface area (Å²) in [5.74, 6) is 0. The highest BCUT2D eigenvalue weighted by molar-refractivity contribution is 9.10. The van der Waals surface area contributed by atoms with Crippen molar-refractivity contribution in [3.8, 4) is 0 Å². The van der Waals surface area contributed by atoms with Gasteiger partial charge in [0.15, 0.2) is 0 Å². The van der Waals surface area contributed by atoms with Crippen molar-refractivity contribution in [1.29, 1.82) is 0 Å². The molecule has 0 aliphatic carbocycles. The Kier molecular flexibility index (Phi) is 7.27. The van der Waals surface area contributed by atoms with Crippen molar-refractivity contribution in [1.82, 2.24) is 0 Å². The third kappa shape index (κ3) is 4.25. The van der Waals surface area contributed by atoms with E-state index in [0.29, 0.717) is 6.04 Å². The van der Waals surface area contributed by atoms with Crippen LogP contribution in [-0.2, 0) is 10.1 Å². The highest BCUT2D eigenvalue weighted by atomic mass is 79.9. The minimum Gasteiger partial charge on any atom is -0.383 e. The Balaban J connectivity index is 2.93. The van der Waals surface area contributed by atoms with Crippen LogP contribution in [0.3, 0.4) is 0 Å². The largest absolute Gasteiger partial charge is 0.383 e. The average Bonchev–Trinajstić information content (AvgIpc) is 2.39. The highest BCUT2D eigenvalue weighted by Crippen LogP contribution is 2.27. The fourth-order valence-corrected chi connectivity index (χ4v) is 3.21. The summed E-state index contributed by atoms with van der Waals surface area (Å²) in [7, 11) is 1.75. The molecule has 0 fully saturated rings. The molecule has 1 atom stereocenters. The van der Waals surface area contributed by atoms with E-state index in [2.05, 4.69) is 68.8 Å². The van der Waals surface area contributed by atoms with Gasteiger partial charge in [0.1, 0.15) is 0 Å². The number of hydrogen-bond acceptors (Lipinski definition) is 2. The van der Waals surface area contributed by atoms with Gasteiger partial charge in [0.25, 0.3) is 0 Å². The van der Waals surface area contributed by atoms with Crippen molar-refractivity contribution in [3.05, 3.63) is 28.2 Å². The number of benzene rings is 1. The van der Waals surface area contributed by atoms with Gasteiger partial charge in [-0.25, -0.2) is 0 Å². The summed E-state index contributed by atoms with van der Waals surface area (Å²) in [6.07, 6.45) is 1.13. The van der Waals surface area contributed by atoms with Crippen molar-refractivity contribution in [2.45, 2.75) is 31.6 Å². The lowest BCUT2D eigenvalue weighted by Crippen LogP contribution is -2.35. The molecule has 0 bridgehead atoms. The predicted octanol–water partition coefficient (Wildman–Crippen LogP) is 4.60. The number of rotatable bonds is 7. The molecule has 0 aliphatic rings. The molecule has 0 heterocycles. The Hall–Kier alpha value is -0.0600. The second-order valence-corrected chi connectivity index (χ2v) is 5.77. The van der Waals surface area contributed by atoms with E-state index in [1.54, 1.807) is 7.11 Å². The number of halogens is 2. The number of methoxy groups -OCH3 is 1. The first-order valence-electron chi connectivity index (χ1n) is 6.24. The van der Waals surface area contributed by atoms with Crippen LogP contribution in [0.4, 0.5) is 5.69 Å². The maximum absolute atomic E-state index is 5.20. The van der Waals surface area contributed by atoms with Crippen molar-refractivity contribution in [2.75, 3.05) is 25.2 Å². The Labute approximate surface area is 127 Å². The molecule has 4 heteroatoms. The van der Waals surface area contributed by atoms with Gasteiger partial charge in [-0.3, -0.25) is 0 Å². The number of anilines is 1. The molecular formula is C14H21Br2NO. The van der Waals surface area contributed by atoms with Gasteiger partial charge in [0.05, 0.1) is 6.61 Å². The summed E-state index contributed by atoms with van der Waals surface area (Å²) in [4.78, 5) is 2.40. The molecule has 1 aromatic rings. The van der Waals surface area contributed by atoms with Gasteiger partial charge in [-0.15, -0.1) is 0 Å². The third-order valence-electron chi connectivity index (χ3n) is 3.17. The number of nitrogens with zero attached hydrogens (tertiary/aromatic N) is 1. The third-order valence-corrected chi connectivity index (χ3v) is 4.51. The zero-order chi connectivity index (χ0) is 13.5. The lowest BCUT2D eigenvalue weighted by molar-refractivity contribution is 0.203. The van der Waals surface area contributed by atoms with Gasteiger partial charge in [0.2, 0.25) is 0 Å². The van der Waals surface area contributed by atoms with E-state index in [9.17, 15) is 0 Å². The Morgan fingerprint density at radius 2 is 2.11 bits per heavy atom. The highest BCUT2D eigenvalue weighted by Gasteiger charge is 2.13. The van der Waals surface area contributed by atoms with Crippen molar-refractivity contribution < 1.29 is 4.74 Å². The summed E-state index contributed by atoms with van der Waals surface area (Å²) in [5, 5.41) is 0.870. The van der Waals surface area contributed by atoms with Gasteiger partial charge >= 0.3 is 0 Å². The van der Waals surface area contributed by atoms with E-state index >= 15 is 0 Å².